The van der Waals surface area contributed by atoms with Crippen molar-refractivity contribution in [3.05, 3.63) is 63.9 Å². The number of rotatable bonds is 4. The van der Waals surface area contributed by atoms with Gasteiger partial charge in [-0.05, 0) is 36.8 Å². The predicted octanol–water partition coefficient (Wildman–Crippen LogP) is 2.07. The number of primary amides is 1. The maximum Gasteiger partial charge on any atom is 0.251 e. The fraction of sp³-hybridized carbons (Fsp3) is 0.133. The average Bonchev–Trinajstić information content (AvgIpc) is 2.44. The zero-order valence-corrected chi connectivity index (χ0v) is 12.1. The lowest BCUT2D eigenvalue weighted by atomic mass is 10.1. The van der Waals surface area contributed by atoms with Gasteiger partial charge in [-0.1, -0.05) is 23.7 Å². The van der Waals surface area contributed by atoms with Crippen LogP contribution in [0, 0.1) is 6.92 Å². The SMILES string of the molecule is Cc1cc(C(=O)NCc2cccc(C(N)=O)c2)cc(Cl)n1. The molecule has 1 heterocycles. The van der Waals surface area contributed by atoms with E-state index in [1.165, 1.54) is 6.07 Å². The van der Waals surface area contributed by atoms with Crippen molar-refractivity contribution in [2.45, 2.75) is 13.5 Å². The Morgan fingerprint density at radius 2 is 2.00 bits per heavy atom. The minimum Gasteiger partial charge on any atom is -0.366 e. The van der Waals surface area contributed by atoms with E-state index in [0.29, 0.717) is 23.4 Å². The number of benzene rings is 1. The van der Waals surface area contributed by atoms with Gasteiger partial charge < -0.3 is 11.1 Å². The maximum absolute atomic E-state index is 12.1. The lowest BCUT2D eigenvalue weighted by Gasteiger charge is -2.07. The second-order valence-corrected chi connectivity index (χ2v) is 4.95. The number of nitrogens with two attached hydrogens (primary N) is 1. The van der Waals surface area contributed by atoms with Gasteiger partial charge in [-0.15, -0.1) is 0 Å². The molecule has 1 aromatic carbocycles. The van der Waals surface area contributed by atoms with Crippen LogP contribution < -0.4 is 11.1 Å². The Hall–Kier alpha value is -2.40. The molecule has 2 aromatic rings. The highest BCUT2D eigenvalue weighted by Crippen LogP contribution is 2.11. The summed E-state index contributed by atoms with van der Waals surface area (Å²) < 4.78 is 0. The van der Waals surface area contributed by atoms with Gasteiger partial charge in [0.25, 0.3) is 5.91 Å². The molecular formula is C15H14ClN3O2. The zero-order valence-electron chi connectivity index (χ0n) is 11.4. The van der Waals surface area contributed by atoms with Crippen LogP contribution in [0.25, 0.3) is 0 Å². The van der Waals surface area contributed by atoms with E-state index in [1.54, 1.807) is 37.3 Å². The van der Waals surface area contributed by atoms with Crippen molar-refractivity contribution in [2.24, 2.45) is 5.73 Å². The van der Waals surface area contributed by atoms with E-state index in [2.05, 4.69) is 10.3 Å². The molecular weight excluding hydrogens is 290 g/mol. The van der Waals surface area contributed by atoms with Crippen LogP contribution in [-0.2, 0) is 6.54 Å². The largest absolute Gasteiger partial charge is 0.366 e. The molecule has 0 spiro atoms. The van der Waals surface area contributed by atoms with Gasteiger partial charge in [0.1, 0.15) is 5.15 Å². The molecule has 0 bridgehead atoms. The van der Waals surface area contributed by atoms with Crippen molar-refractivity contribution in [1.29, 1.82) is 0 Å². The first kappa shape index (κ1) is 15.0. The second kappa shape index (κ2) is 6.37. The number of aromatic nitrogens is 1. The van der Waals surface area contributed by atoms with Crippen LogP contribution in [0.4, 0.5) is 0 Å². The van der Waals surface area contributed by atoms with Crippen LogP contribution in [0.2, 0.25) is 5.15 Å². The van der Waals surface area contributed by atoms with Gasteiger partial charge in [0, 0.05) is 23.4 Å². The average molecular weight is 304 g/mol. The Bertz CT molecular complexity index is 681. The normalized spacial score (nSPS) is 10.2. The molecule has 3 N–H and O–H groups in total. The van der Waals surface area contributed by atoms with E-state index in [0.717, 1.165) is 5.56 Å². The number of hydrogen-bond acceptors (Lipinski definition) is 3. The molecule has 0 aliphatic heterocycles. The van der Waals surface area contributed by atoms with E-state index in [1.807, 2.05) is 0 Å². The number of pyridine rings is 1. The van der Waals surface area contributed by atoms with Crippen molar-refractivity contribution in [1.82, 2.24) is 10.3 Å². The fourth-order valence-electron chi connectivity index (χ4n) is 1.88. The lowest BCUT2D eigenvalue weighted by Crippen LogP contribution is -2.23. The van der Waals surface area contributed by atoms with E-state index in [4.69, 9.17) is 17.3 Å². The third-order valence-electron chi connectivity index (χ3n) is 2.85. The summed E-state index contributed by atoms with van der Waals surface area (Å²) in [4.78, 5) is 27.2. The first-order valence-corrected chi connectivity index (χ1v) is 6.64. The fourth-order valence-corrected chi connectivity index (χ4v) is 2.13. The van der Waals surface area contributed by atoms with Crippen LogP contribution in [0.5, 0.6) is 0 Å². The molecule has 0 unspecified atom stereocenters. The quantitative estimate of drug-likeness (QED) is 0.848. The molecule has 0 saturated heterocycles. The highest BCUT2D eigenvalue weighted by molar-refractivity contribution is 6.29. The van der Waals surface area contributed by atoms with Crippen molar-refractivity contribution in [3.63, 3.8) is 0 Å². The van der Waals surface area contributed by atoms with E-state index >= 15 is 0 Å². The highest BCUT2D eigenvalue weighted by Gasteiger charge is 2.08. The van der Waals surface area contributed by atoms with Crippen LogP contribution in [0.3, 0.4) is 0 Å². The molecule has 0 fully saturated rings. The number of aryl methyl sites for hydroxylation is 1. The summed E-state index contributed by atoms with van der Waals surface area (Å²) in [6.45, 7) is 2.05. The molecule has 2 rings (SSSR count). The number of amides is 2. The summed E-state index contributed by atoms with van der Waals surface area (Å²) in [5, 5.41) is 3.03. The molecule has 2 amide bonds. The Balaban J connectivity index is 2.07. The third kappa shape index (κ3) is 4.03. The van der Waals surface area contributed by atoms with Crippen molar-refractivity contribution >= 4 is 23.4 Å². The summed E-state index contributed by atoms with van der Waals surface area (Å²) in [7, 11) is 0. The zero-order chi connectivity index (χ0) is 15.4. The number of nitrogens with zero attached hydrogens (tertiary/aromatic N) is 1. The summed E-state index contributed by atoms with van der Waals surface area (Å²) in [5.74, 6) is -0.758. The Labute approximate surface area is 127 Å². The summed E-state index contributed by atoms with van der Waals surface area (Å²) in [6, 6.07) is 9.95. The Kier molecular flexibility index (Phi) is 4.55. The molecule has 5 nitrogen and oxygen atoms in total. The van der Waals surface area contributed by atoms with Gasteiger partial charge in [0.15, 0.2) is 0 Å². The number of carbonyl (C=O) groups is 2. The standard InChI is InChI=1S/C15H14ClN3O2/c1-9-5-12(7-13(16)19-9)15(21)18-8-10-3-2-4-11(6-10)14(17)20/h2-7H,8H2,1H3,(H2,17,20)(H,18,21). The minimum absolute atomic E-state index is 0.258. The van der Waals surface area contributed by atoms with E-state index < -0.39 is 5.91 Å². The molecule has 0 aliphatic carbocycles. The molecule has 0 aliphatic rings. The molecule has 1 aromatic heterocycles. The van der Waals surface area contributed by atoms with Crippen LogP contribution in [-0.4, -0.2) is 16.8 Å². The lowest BCUT2D eigenvalue weighted by molar-refractivity contribution is 0.0950. The van der Waals surface area contributed by atoms with Gasteiger partial charge in [-0.2, -0.15) is 0 Å². The van der Waals surface area contributed by atoms with Crippen molar-refractivity contribution < 1.29 is 9.59 Å². The molecule has 0 saturated carbocycles. The number of hydrogen-bond donors (Lipinski definition) is 2. The number of halogens is 1. The van der Waals surface area contributed by atoms with Gasteiger partial charge >= 0.3 is 0 Å². The first-order valence-electron chi connectivity index (χ1n) is 6.27. The molecule has 0 radical (unpaired) electrons. The van der Waals surface area contributed by atoms with Gasteiger partial charge in [-0.25, -0.2) is 4.98 Å². The molecule has 108 valence electrons. The highest BCUT2D eigenvalue weighted by atomic mass is 35.5. The maximum atomic E-state index is 12.1. The van der Waals surface area contributed by atoms with Crippen molar-refractivity contribution in [2.75, 3.05) is 0 Å². The van der Waals surface area contributed by atoms with E-state index in [-0.39, 0.29) is 11.1 Å². The van der Waals surface area contributed by atoms with Gasteiger partial charge in [0.05, 0.1) is 0 Å². The second-order valence-electron chi connectivity index (χ2n) is 4.57. The summed E-state index contributed by atoms with van der Waals surface area (Å²) >= 11 is 5.82. The van der Waals surface area contributed by atoms with Crippen LogP contribution in [0.1, 0.15) is 32.0 Å². The summed E-state index contributed by atoms with van der Waals surface area (Å²) in [6.07, 6.45) is 0. The number of carbonyl (C=O) groups excluding carboxylic acids is 2. The monoisotopic (exact) mass is 303 g/mol. The van der Waals surface area contributed by atoms with Crippen LogP contribution >= 0.6 is 11.6 Å². The molecule has 0 atom stereocenters. The number of nitrogens with one attached hydrogen (secondary N) is 1. The first-order chi connectivity index (χ1) is 9.95. The van der Waals surface area contributed by atoms with Crippen LogP contribution in [0.15, 0.2) is 36.4 Å². The Morgan fingerprint density at radius 3 is 2.67 bits per heavy atom. The smallest absolute Gasteiger partial charge is 0.251 e. The van der Waals surface area contributed by atoms with Gasteiger partial charge in [-0.3, -0.25) is 9.59 Å². The van der Waals surface area contributed by atoms with Crippen molar-refractivity contribution in [3.8, 4) is 0 Å². The summed E-state index contributed by atoms with van der Waals surface area (Å²) in [5.41, 5.74) is 7.52. The molecule has 6 heteroatoms. The topological polar surface area (TPSA) is 85.1 Å². The van der Waals surface area contributed by atoms with E-state index in [9.17, 15) is 9.59 Å². The van der Waals surface area contributed by atoms with Gasteiger partial charge in [0.2, 0.25) is 5.91 Å². The Morgan fingerprint density at radius 1 is 1.24 bits per heavy atom. The predicted molar refractivity (Wildman–Crippen MR) is 80.1 cm³/mol. The minimum atomic E-state index is -0.500. The third-order valence-corrected chi connectivity index (χ3v) is 3.04. The molecule has 21 heavy (non-hydrogen) atoms.